The van der Waals surface area contributed by atoms with Crippen molar-refractivity contribution < 1.29 is 19.1 Å². The first-order valence-corrected chi connectivity index (χ1v) is 11.7. The van der Waals surface area contributed by atoms with E-state index in [0.29, 0.717) is 22.9 Å². The Kier molecular flexibility index (Phi) is 9.68. The lowest BCUT2D eigenvalue weighted by atomic mass is 10.1. The van der Waals surface area contributed by atoms with Crippen LogP contribution in [0.15, 0.2) is 42.5 Å². The van der Waals surface area contributed by atoms with Gasteiger partial charge in [0.15, 0.2) is 6.10 Å². The van der Waals surface area contributed by atoms with Gasteiger partial charge in [-0.25, -0.2) is 4.79 Å². The molecule has 2 aromatic carbocycles. The fraction of sp³-hybridized carbons (Fsp3) is 0.318. The summed E-state index contributed by atoms with van der Waals surface area (Å²) in [5, 5.41) is 5.91. The van der Waals surface area contributed by atoms with Crippen molar-refractivity contribution >= 4 is 58.4 Å². The number of benzene rings is 2. The lowest BCUT2D eigenvalue weighted by Gasteiger charge is -2.20. The molecule has 6 nitrogen and oxygen atoms in total. The zero-order valence-corrected chi connectivity index (χ0v) is 19.7. The first kappa shape index (κ1) is 25.0. The summed E-state index contributed by atoms with van der Waals surface area (Å²) in [4.78, 5) is 37.7. The number of hydrogen-bond acceptors (Lipinski definition) is 5. The van der Waals surface area contributed by atoms with Crippen LogP contribution < -0.4 is 10.6 Å². The molecule has 0 fully saturated rings. The summed E-state index contributed by atoms with van der Waals surface area (Å²) < 4.78 is 5.32. The first-order valence-electron chi connectivity index (χ1n) is 9.54. The molecule has 2 N–H and O–H groups in total. The highest BCUT2D eigenvalue weighted by molar-refractivity contribution is 7.98. The van der Waals surface area contributed by atoms with E-state index in [2.05, 4.69) is 10.6 Å². The monoisotopic (exact) mass is 482 g/mol. The van der Waals surface area contributed by atoms with Crippen LogP contribution in [0.2, 0.25) is 10.0 Å². The average molecular weight is 483 g/mol. The van der Waals surface area contributed by atoms with Crippen LogP contribution in [0.1, 0.15) is 29.3 Å². The van der Waals surface area contributed by atoms with Crippen LogP contribution in [-0.4, -0.2) is 41.9 Å². The zero-order chi connectivity index (χ0) is 23.0. The molecule has 0 bridgehead atoms. The standard InChI is InChI=1S/C22H24Cl2N2O4S/c1-13-4-7-16(8-5-13)25-20(27)14(2)30-22(29)19(10-11-31-3)26-21(28)17-9-6-15(23)12-18(17)24/h4-9,12,14,19H,10-11H2,1-3H3,(H,25,27)(H,26,28). The molecule has 0 aliphatic heterocycles. The molecule has 0 radical (unpaired) electrons. The second-order valence-corrected chi connectivity index (χ2v) is 8.70. The molecule has 0 heterocycles. The highest BCUT2D eigenvalue weighted by Gasteiger charge is 2.27. The van der Waals surface area contributed by atoms with E-state index in [1.54, 1.807) is 12.1 Å². The van der Waals surface area contributed by atoms with Gasteiger partial charge in [0.2, 0.25) is 0 Å². The highest BCUT2D eigenvalue weighted by atomic mass is 35.5. The van der Waals surface area contributed by atoms with Crippen molar-refractivity contribution in [3.63, 3.8) is 0 Å². The zero-order valence-electron chi connectivity index (χ0n) is 17.4. The number of amides is 2. The van der Waals surface area contributed by atoms with Crippen molar-refractivity contribution in [2.24, 2.45) is 0 Å². The van der Waals surface area contributed by atoms with Crippen molar-refractivity contribution in [2.45, 2.75) is 32.4 Å². The van der Waals surface area contributed by atoms with Crippen molar-refractivity contribution in [2.75, 3.05) is 17.3 Å². The molecule has 0 aliphatic rings. The van der Waals surface area contributed by atoms with Gasteiger partial charge in [-0.2, -0.15) is 11.8 Å². The fourth-order valence-electron chi connectivity index (χ4n) is 2.58. The van der Waals surface area contributed by atoms with Gasteiger partial charge in [0.05, 0.1) is 10.6 Å². The van der Waals surface area contributed by atoms with Gasteiger partial charge in [-0.1, -0.05) is 40.9 Å². The molecule has 0 saturated carbocycles. The molecule has 0 aromatic heterocycles. The number of carbonyl (C=O) groups is 3. The van der Waals surface area contributed by atoms with E-state index in [-0.39, 0.29) is 10.6 Å². The second kappa shape index (κ2) is 12.0. The minimum Gasteiger partial charge on any atom is -0.451 e. The van der Waals surface area contributed by atoms with E-state index >= 15 is 0 Å². The number of anilines is 1. The maximum Gasteiger partial charge on any atom is 0.329 e. The first-order chi connectivity index (χ1) is 14.7. The molecule has 0 aliphatic carbocycles. The largest absolute Gasteiger partial charge is 0.451 e. The van der Waals surface area contributed by atoms with Gasteiger partial charge in [0.25, 0.3) is 11.8 Å². The lowest BCUT2D eigenvalue weighted by Crippen LogP contribution is -2.44. The van der Waals surface area contributed by atoms with E-state index in [1.807, 2.05) is 25.3 Å². The molecule has 0 saturated heterocycles. The Morgan fingerprint density at radius 1 is 1.10 bits per heavy atom. The van der Waals surface area contributed by atoms with Crippen LogP contribution in [0.4, 0.5) is 5.69 Å². The van der Waals surface area contributed by atoms with E-state index in [9.17, 15) is 14.4 Å². The van der Waals surface area contributed by atoms with Gasteiger partial charge in [-0.05, 0) is 62.6 Å². The molecule has 2 rings (SSSR count). The molecule has 31 heavy (non-hydrogen) atoms. The predicted molar refractivity (Wildman–Crippen MR) is 126 cm³/mol. The van der Waals surface area contributed by atoms with Gasteiger partial charge in [0.1, 0.15) is 6.04 Å². The Labute approximate surface area is 196 Å². The Hall–Kier alpha value is -2.22. The number of rotatable bonds is 9. The minimum atomic E-state index is -1.04. The lowest BCUT2D eigenvalue weighted by molar-refractivity contribution is -0.155. The van der Waals surface area contributed by atoms with Gasteiger partial charge in [0, 0.05) is 10.7 Å². The summed E-state index contributed by atoms with van der Waals surface area (Å²) >= 11 is 13.5. The van der Waals surface area contributed by atoms with Crippen molar-refractivity contribution in [1.29, 1.82) is 0 Å². The number of nitrogens with one attached hydrogen (secondary N) is 2. The summed E-state index contributed by atoms with van der Waals surface area (Å²) in [5.74, 6) is -1.08. The number of hydrogen-bond donors (Lipinski definition) is 2. The SMILES string of the molecule is CSCCC(NC(=O)c1ccc(Cl)cc1Cl)C(=O)OC(C)C(=O)Nc1ccc(C)cc1. The number of esters is 1. The molecular formula is C22H24Cl2N2O4S. The van der Waals surface area contributed by atoms with Crippen LogP contribution in [0.3, 0.4) is 0 Å². The average Bonchev–Trinajstić information content (AvgIpc) is 2.72. The van der Waals surface area contributed by atoms with Crippen LogP contribution >= 0.6 is 35.0 Å². The summed E-state index contributed by atoms with van der Waals surface area (Å²) in [5.41, 5.74) is 1.85. The quantitative estimate of drug-likeness (QED) is 0.504. The number of carbonyl (C=O) groups excluding carboxylic acids is 3. The van der Waals surface area contributed by atoms with Gasteiger partial charge in [-0.15, -0.1) is 0 Å². The molecule has 9 heteroatoms. The number of thioether (sulfide) groups is 1. The third-order valence-electron chi connectivity index (χ3n) is 4.36. The Bertz CT molecular complexity index is 938. The van der Waals surface area contributed by atoms with Crippen molar-refractivity contribution in [3.8, 4) is 0 Å². The minimum absolute atomic E-state index is 0.174. The van der Waals surface area contributed by atoms with E-state index in [0.717, 1.165) is 5.56 Å². The fourth-order valence-corrected chi connectivity index (χ4v) is 3.55. The molecular weight excluding hydrogens is 459 g/mol. The second-order valence-electron chi connectivity index (χ2n) is 6.87. The Balaban J connectivity index is 2.03. The molecule has 2 atom stereocenters. The van der Waals surface area contributed by atoms with Crippen LogP contribution in [0.5, 0.6) is 0 Å². The van der Waals surface area contributed by atoms with Gasteiger partial charge in [-0.3, -0.25) is 9.59 Å². The highest BCUT2D eigenvalue weighted by Crippen LogP contribution is 2.21. The molecule has 0 spiro atoms. The smallest absolute Gasteiger partial charge is 0.329 e. The maximum atomic E-state index is 12.7. The normalized spacial score (nSPS) is 12.5. The Morgan fingerprint density at radius 2 is 1.77 bits per heavy atom. The molecule has 166 valence electrons. The third kappa shape index (κ3) is 7.76. The maximum absolute atomic E-state index is 12.7. The molecule has 2 amide bonds. The van der Waals surface area contributed by atoms with E-state index in [4.69, 9.17) is 27.9 Å². The predicted octanol–water partition coefficient (Wildman–Crippen LogP) is 4.72. The topological polar surface area (TPSA) is 84.5 Å². The van der Waals surface area contributed by atoms with Crippen LogP contribution in [-0.2, 0) is 14.3 Å². The summed E-state index contributed by atoms with van der Waals surface area (Å²) in [6.45, 7) is 3.42. The van der Waals surface area contributed by atoms with Gasteiger partial charge < -0.3 is 15.4 Å². The molecule has 2 aromatic rings. The number of aryl methyl sites for hydroxylation is 1. The van der Waals surface area contributed by atoms with E-state index in [1.165, 1.54) is 36.9 Å². The summed E-state index contributed by atoms with van der Waals surface area (Å²) in [6, 6.07) is 10.8. The Morgan fingerprint density at radius 3 is 2.39 bits per heavy atom. The number of ether oxygens (including phenoxy) is 1. The van der Waals surface area contributed by atoms with Crippen molar-refractivity contribution in [1.82, 2.24) is 5.32 Å². The van der Waals surface area contributed by atoms with Crippen LogP contribution in [0.25, 0.3) is 0 Å². The summed E-state index contributed by atoms with van der Waals surface area (Å²) in [6.07, 6.45) is 1.18. The number of halogens is 2. The van der Waals surface area contributed by atoms with Gasteiger partial charge >= 0.3 is 5.97 Å². The van der Waals surface area contributed by atoms with Crippen LogP contribution in [0, 0.1) is 6.92 Å². The third-order valence-corrected chi connectivity index (χ3v) is 5.55. The van der Waals surface area contributed by atoms with E-state index < -0.39 is 29.9 Å². The summed E-state index contributed by atoms with van der Waals surface area (Å²) in [7, 11) is 0. The van der Waals surface area contributed by atoms with Crippen molar-refractivity contribution in [3.05, 3.63) is 63.6 Å². The molecule has 2 unspecified atom stereocenters.